The Balaban J connectivity index is 1.48. The summed E-state index contributed by atoms with van der Waals surface area (Å²) in [5.74, 6) is 0.682. The van der Waals surface area contributed by atoms with Crippen molar-refractivity contribution >= 4 is 28.7 Å². The molecule has 2 aromatic carbocycles. The van der Waals surface area contributed by atoms with Crippen molar-refractivity contribution in [3.05, 3.63) is 77.3 Å². The molecule has 0 N–H and O–H groups in total. The molecule has 1 aliphatic heterocycles. The summed E-state index contributed by atoms with van der Waals surface area (Å²) in [4.78, 5) is 37.5. The van der Waals surface area contributed by atoms with Crippen molar-refractivity contribution in [1.29, 1.82) is 0 Å². The Morgan fingerprint density at radius 2 is 2.03 bits per heavy atom. The van der Waals surface area contributed by atoms with Gasteiger partial charge in [0.05, 0.1) is 30.7 Å². The Bertz CT molecular complexity index is 1380. The minimum Gasteiger partial charge on any atom is -0.497 e. The van der Waals surface area contributed by atoms with Gasteiger partial charge in [-0.15, -0.1) is 11.3 Å². The molecule has 0 atom stereocenters. The van der Waals surface area contributed by atoms with Gasteiger partial charge in [-0.25, -0.2) is 4.98 Å². The highest BCUT2D eigenvalue weighted by atomic mass is 32.1. The van der Waals surface area contributed by atoms with Gasteiger partial charge >= 0.3 is 0 Å². The summed E-state index contributed by atoms with van der Waals surface area (Å²) >= 11 is 1.56. The third kappa shape index (κ3) is 4.15. The predicted octanol–water partition coefficient (Wildman–Crippen LogP) is 4.80. The Kier molecular flexibility index (Phi) is 5.81. The molecule has 5 rings (SSSR count). The number of aromatic nitrogens is 2. The number of anilines is 1. The van der Waals surface area contributed by atoms with Crippen LogP contribution >= 0.6 is 11.3 Å². The highest BCUT2D eigenvalue weighted by molar-refractivity contribution is 7.15. The topological polar surface area (TPSA) is 81.6 Å². The predicted molar refractivity (Wildman–Crippen MR) is 131 cm³/mol. The number of ether oxygens (including phenoxy) is 2. The first-order chi connectivity index (χ1) is 16.5. The summed E-state index contributed by atoms with van der Waals surface area (Å²) in [7, 11) is 1.55. The van der Waals surface area contributed by atoms with Crippen molar-refractivity contribution in [3.63, 3.8) is 0 Å². The fourth-order valence-corrected chi connectivity index (χ4v) is 4.73. The summed E-state index contributed by atoms with van der Waals surface area (Å²) in [6, 6.07) is 18.2. The van der Waals surface area contributed by atoms with E-state index in [4.69, 9.17) is 14.5 Å². The monoisotopic (exact) mass is 471 g/mol. The van der Waals surface area contributed by atoms with Crippen molar-refractivity contribution in [2.45, 2.75) is 6.92 Å². The number of rotatable bonds is 6. The van der Waals surface area contributed by atoms with E-state index in [-0.39, 0.29) is 24.8 Å². The van der Waals surface area contributed by atoms with Crippen LogP contribution in [0.1, 0.15) is 15.2 Å². The number of carbonyl (C=O) groups is 2. The van der Waals surface area contributed by atoms with Crippen LogP contribution in [-0.4, -0.2) is 41.9 Å². The van der Waals surface area contributed by atoms with Crippen molar-refractivity contribution in [2.75, 3.05) is 25.2 Å². The number of carbonyl (C=O) groups excluding carboxylic acids is 2. The number of hydrogen-bond donors (Lipinski definition) is 0. The molecule has 1 amide bonds. The standard InChI is InChI=1S/C26H21N3O4S/c1-16-25(28-26(34-16)20-8-3-4-11-27-20)18-9-10-23-21(13-18)29(24(31)15-33-23)14-22(30)17-6-5-7-19(12-17)32-2/h3-13H,14-15H2,1-2H3. The molecule has 34 heavy (non-hydrogen) atoms. The Morgan fingerprint density at radius 1 is 1.15 bits per heavy atom. The van der Waals surface area contributed by atoms with Crippen LogP contribution in [0.3, 0.4) is 0 Å². The second kappa shape index (κ2) is 9.07. The number of pyridine rings is 1. The van der Waals surface area contributed by atoms with Gasteiger partial charge < -0.3 is 9.47 Å². The zero-order valence-electron chi connectivity index (χ0n) is 18.6. The van der Waals surface area contributed by atoms with Crippen LogP contribution in [0.15, 0.2) is 66.9 Å². The normalized spacial score (nSPS) is 12.8. The smallest absolute Gasteiger partial charge is 0.265 e. The number of methoxy groups -OCH3 is 1. The van der Waals surface area contributed by atoms with Gasteiger partial charge in [-0.1, -0.05) is 18.2 Å². The molecule has 0 bridgehead atoms. The van der Waals surface area contributed by atoms with Gasteiger partial charge in [0.1, 0.15) is 16.5 Å². The van der Waals surface area contributed by atoms with E-state index < -0.39 is 0 Å². The molecule has 4 aromatic rings. The summed E-state index contributed by atoms with van der Waals surface area (Å²) < 4.78 is 10.9. The maximum absolute atomic E-state index is 13.0. The third-order valence-electron chi connectivity index (χ3n) is 5.55. The van der Waals surface area contributed by atoms with E-state index in [0.29, 0.717) is 22.7 Å². The van der Waals surface area contributed by atoms with Crippen LogP contribution in [0.4, 0.5) is 5.69 Å². The van der Waals surface area contributed by atoms with E-state index >= 15 is 0 Å². The second-order valence-electron chi connectivity index (χ2n) is 7.74. The Labute approximate surface area is 200 Å². The van der Waals surface area contributed by atoms with Gasteiger partial charge in [0.15, 0.2) is 12.4 Å². The first kappa shape index (κ1) is 21.8. The number of amides is 1. The molecule has 0 spiro atoms. The number of ketones is 1. The first-order valence-electron chi connectivity index (χ1n) is 10.7. The van der Waals surface area contributed by atoms with Crippen LogP contribution in [-0.2, 0) is 4.79 Å². The largest absolute Gasteiger partial charge is 0.497 e. The number of aryl methyl sites for hydroxylation is 1. The van der Waals surface area contributed by atoms with E-state index in [1.54, 1.807) is 48.9 Å². The maximum Gasteiger partial charge on any atom is 0.265 e. The lowest BCUT2D eigenvalue weighted by Gasteiger charge is -2.29. The van der Waals surface area contributed by atoms with E-state index in [0.717, 1.165) is 26.8 Å². The van der Waals surface area contributed by atoms with E-state index in [1.807, 2.05) is 43.3 Å². The molecule has 0 radical (unpaired) electrons. The molecule has 0 unspecified atom stereocenters. The third-order valence-corrected chi connectivity index (χ3v) is 6.54. The molecule has 170 valence electrons. The molecule has 0 saturated carbocycles. The molecule has 7 nitrogen and oxygen atoms in total. The van der Waals surface area contributed by atoms with E-state index in [9.17, 15) is 9.59 Å². The number of fused-ring (bicyclic) bond motifs is 1. The average Bonchev–Trinajstić information content (AvgIpc) is 3.27. The number of hydrogen-bond acceptors (Lipinski definition) is 7. The van der Waals surface area contributed by atoms with Gasteiger partial charge in [-0.3, -0.25) is 19.5 Å². The minimum absolute atomic E-state index is 0.0962. The molecule has 1 aliphatic rings. The maximum atomic E-state index is 13.0. The average molecular weight is 472 g/mol. The molecule has 8 heteroatoms. The highest BCUT2D eigenvalue weighted by Crippen LogP contribution is 2.39. The number of nitrogens with zero attached hydrogens (tertiary/aromatic N) is 3. The Morgan fingerprint density at radius 3 is 2.82 bits per heavy atom. The summed E-state index contributed by atoms with van der Waals surface area (Å²) in [6.07, 6.45) is 1.74. The Hall–Kier alpha value is -4.04. The quantitative estimate of drug-likeness (QED) is 0.376. The lowest BCUT2D eigenvalue weighted by Crippen LogP contribution is -2.42. The van der Waals surface area contributed by atoms with Crippen molar-refractivity contribution in [1.82, 2.24) is 9.97 Å². The van der Waals surface area contributed by atoms with Crippen LogP contribution in [0.2, 0.25) is 0 Å². The van der Waals surface area contributed by atoms with Gasteiger partial charge in [0, 0.05) is 22.2 Å². The lowest BCUT2D eigenvalue weighted by atomic mass is 10.1. The second-order valence-corrected chi connectivity index (χ2v) is 8.95. The van der Waals surface area contributed by atoms with Crippen molar-refractivity contribution < 1.29 is 19.1 Å². The van der Waals surface area contributed by atoms with Crippen LogP contribution in [0.25, 0.3) is 22.0 Å². The molecule has 0 fully saturated rings. The molecular weight excluding hydrogens is 450 g/mol. The van der Waals surface area contributed by atoms with Gasteiger partial charge in [-0.05, 0) is 49.4 Å². The van der Waals surface area contributed by atoms with Crippen LogP contribution < -0.4 is 14.4 Å². The van der Waals surface area contributed by atoms with Gasteiger partial charge in [-0.2, -0.15) is 0 Å². The molecule has 2 aromatic heterocycles. The van der Waals surface area contributed by atoms with Gasteiger partial charge in [0.25, 0.3) is 5.91 Å². The first-order valence-corrected chi connectivity index (χ1v) is 11.5. The fraction of sp³-hybridized carbons (Fsp3) is 0.154. The highest BCUT2D eigenvalue weighted by Gasteiger charge is 2.28. The van der Waals surface area contributed by atoms with Crippen LogP contribution in [0, 0.1) is 6.92 Å². The number of Topliss-reactive ketones (excluding diaryl/α,β-unsaturated/α-hetero) is 1. The molecule has 0 saturated heterocycles. The zero-order valence-corrected chi connectivity index (χ0v) is 19.5. The lowest BCUT2D eigenvalue weighted by molar-refractivity contribution is -0.121. The minimum atomic E-state index is -0.273. The molecular formula is C26H21N3O4S. The van der Waals surface area contributed by atoms with Crippen LogP contribution in [0.5, 0.6) is 11.5 Å². The van der Waals surface area contributed by atoms with Crippen molar-refractivity contribution in [2.24, 2.45) is 0 Å². The summed E-state index contributed by atoms with van der Waals surface area (Å²) in [5, 5.41) is 0.822. The van der Waals surface area contributed by atoms with E-state index in [2.05, 4.69) is 4.98 Å². The number of benzene rings is 2. The fourth-order valence-electron chi connectivity index (χ4n) is 3.82. The van der Waals surface area contributed by atoms with Gasteiger partial charge in [0.2, 0.25) is 0 Å². The zero-order chi connectivity index (χ0) is 23.7. The molecule has 3 heterocycles. The van der Waals surface area contributed by atoms with Crippen molar-refractivity contribution in [3.8, 4) is 33.5 Å². The molecule has 0 aliphatic carbocycles. The SMILES string of the molecule is COc1cccc(C(=O)CN2C(=O)COc3ccc(-c4nc(-c5ccccn5)sc4C)cc32)c1. The summed E-state index contributed by atoms with van der Waals surface area (Å²) in [5.41, 5.74) is 3.49. The summed E-state index contributed by atoms with van der Waals surface area (Å²) in [6.45, 7) is 1.79. The number of thiazole rings is 1. The van der Waals surface area contributed by atoms with E-state index in [1.165, 1.54) is 4.90 Å².